The fourth-order valence-electron chi connectivity index (χ4n) is 2.91. The molecule has 136 valence electrons. The molecule has 1 aromatic carbocycles. The Labute approximate surface area is 180 Å². The van der Waals surface area contributed by atoms with Crippen molar-refractivity contribution in [2.75, 3.05) is 0 Å². The monoisotopic (exact) mass is 364 g/mol. The van der Waals surface area contributed by atoms with E-state index in [2.05, 4.69) is 18.1 Å². The van der Waals surface area contributed by atoms with Gasteiger partial charge in [0.15, 0.2) is 0 Å². The van der Waals surface area contributed by atoms with Crippen molar-refractivity contribution in [1.82, 2.24) is 0 Å². The van der Waals surface area contributed by atoms with E-state index in [4.69, 9.17) is 6.42 Å². The summed E-state index contributed by atoms with van der Waals surface area (Å²) in [5.74, 6) is 2.72. The molecule has 1 fully saturated rings. The summed E-state index contributed by atoms with van der Waals surface area (Å²) in [6, 6.07) is 6.92. The van der Waals surface area contributed by atoms with Gasteiger partial charge < -0.3 is 15.0 Å². The molecule has 0 spiro atoms. The van der Waals surface area contributed by atoms with Crippen molar-refractivity contribution >= 4 is 5.97 Å². The van der Waals surface area contributed by atoms with Gasteiger partial charge in [-0.1, -0.05) is 43.2 Å². The molecule has 3 nitrogen and oxygen atoms in total. The van der Waals surface area contributed by atoms with Gasteiger partial charge in [-0.15, -0.1) is 12.3 Å². The summed E-state index contributed by atoms with van der Waals surface area (Å²) in [6.07, 6.45) is 19.9. The quantitative estimate of drug-likeness (QED) is 0.324. The van der Waals surface area contributed by atoms with Crippen LogP contribution in [0.2, 0.25) is 0 Å². The normalized spacial score (nSPS) is 13.5. The van der Waals surface area contributed by atoms with E-state index in [1.54, 1.807) is 18.2 Å². The smallest absolute Gasteiger partial charge is 0.550 e. The van der Waals surface area contributed by atoms with E-state index in [0.717, 1.165) is 24.3 Å². The molecule has 0 aromatic heterocycles. The number of aromatic hydroxyl groups is 1. The third-order valence-electron chi connectivity index (χ3n) is 4.32. The Morgan fingerprint density at radius 3 is 2.58 bits per heavy atom. The molecule has 26 heavy (non-hydrogen) atoms. The van der Waals surface area contributed by atoms with Crippen molar-refractivity contribution in [3.8, 4) is 18.1 Å². The predicted molar refractivity (Wildman–Crippen MR) is 99.8 cm³/mol. The number of allylic oxidation sites excluding steroid dienone is 2. The molecule has 4 heteroatoms. The van der Waals surface area contributed by atoms with E-state index in [9.17, 15) is 15.0 Å². The largest absolute Gasteiger partial charge is 1.00 e. The van der Waals surface area contributed by atoms with Crippen LogP contribution in [-0.2, 0) is 11.2 Å². The number of benzene rings is 1. The number of aryl methyl sites for hydroxylation is 1. The summed E-state index contributed by atoms with van der Waals surface area (Å²) in [4.78, 5) is 10.1. The number of carbonyl (C=O) groups excluding carboxylic acids is 1. The summed E-state index contributed by atoms with van der Waals surface area (Å²) >= 11 is 0. The van der Waals surface area contributed by atoms with Crippen LogP contribution in [0.15, 0.2) is 36.4 Å². The van der Waals surface area contributed by atoms with E-state index in [-0.39, 0.29) is 41.7 Å². The van der Waals surface area contributed by atoms with Gasteiger partial charge in [-0.2, -0.15) is 0 Å². The zero-order valence-electron chi connectivity index (χ0n) is 16.0. The van der Waals surface area contributed by atoms with Crippen molar-refractivity contribution < 1.29 is 44.6 Å². The SMILES string of the molecule is C#CCCC/C=C/C1CCCC1.O=C([O-])CCCc1ccccc1O.[Na+]. The Hall–Kier alpha value is -1.21. The molecule has 0 bridgehead atoms. The number of rotatable bonds is 8. The number of carboxylic acids is 1. The summed E-state index contributed by atoms with van der Waals surface area (Å²) in [5.41, 5.74) is 0.781. The number of phenolic OH excluding ortho intramolecular Hbond substituents is 1. The molecule has 0 radical (unpaired) electrons. The van der Waals surface area contributed by atoms with Gasteiger partial charge in [0, 0.05) is 12.4 Å². The Bertz CT molecular complexity index is 569. The molecule has 0 amide bonds. The van der Waals surface area contributed by atoms with E-state index in [1.165, 1.54) is 32.1 Å². The number of para-hydroxylation sites is 1. The minimum Gasteiger partial charge on any atom is -0.550 e. The maximum atomic E-state index is 10.1. The first-order valence-corrected chi connectivity index (χ1v) is 9.20. The van der Waals surface area contributed by atoms with Gasteiger partial charge in [-0.25, -0.2) is 0 Å². The summed E-state index contributed by atoms with van der Waals surface area (Å²) in [5, 5.41) is 19.4. The van der Waals surface area contributed by atoms with E-state index >= 15 is 0 Å². The number of phenols is 1. The van der Waals surface area contributed by atoms with E-state index in [0.29, 0.717) is 12.8 Å². The molecule has 1 aliphatic rings. The van der Waals surface area contributed by atoms with Crippen LogP contribution in [-0.4, -0.2) is 11.1 Å². The van der Waals surface area contributed by atoms with Gasteiger partial charge in [-0.3, -0.25) is 0 Å². The third-order valence-corrected chi connectivity index (χ3v) is 4.32. The zero-order chi connectivity index (χ0) is 18.3. The van der Waals surface area contributed by atoms with Gasteiger partial charge in [0.1, 0.15) is 5.75 Å². The van der Waals surface area contributed by atoms with Crippen LogP contribution in [0, 0.1) is 18.3 Å². The van der Waals surface area contributed by atoms with Crippen molar-refractivity contribution in [2.45, 2.75) is 64.2 Å². The van der Waals surface area contributed by atoms with Gasteiger partial charge in [0.05, 0.1) is 0 Å². The average Bonchev–Trinajstić information content (AvgIpc) is 3.10. The van der Waals surface area contributed by atoms with Crippen LogP contribution >= 0.6 is 0 Å². The molecule has 1 aromatic rings. The fraction of sp³-hybridized carbons (Fsp3) is 0.500. The second kappa shape index (κ2) is 16.0. The molecule has 1 saturated carbocycles. The van der Waals surface area contributed by atoms with Crippen LogP contribution in [0.1, 0.15) is 63.4 Å². The first-order valence-electron chi connectivity index (χ1n) is 9.20. The molecule has 0 aliphatic heterocycles. The Balaban J connectivity index is 0.000000464. The molecular formula is C22H29NaO3. The first kappa shape index (κ1) is 24.8. The van der Waals surface area contributed by atoms with Crippen molar-refractivity contribution in [2.24, 2.45) is 5.92 Å². The number of unbranched alkanes of at least 4 members (excludes halogenated alkanes) is 2. The van der Waals surface area contributed by atoms with E-state index < -0.39 is 5.97 Å². The summed E-state index contributed by atoms with van der Waals surface area (Å²) < 4.78 is 0. The van der Waals surface area contributed by atoms with Crippen LogP contribution in [0.25, 0.3) is 0 Å². The van der Waals surface area contributed by atoms with Crippen LogP contribution in [0.5, 0.6) is 5.75 Å². The molecule has 0 atom stereocenters. The van der Waals surface area contributed by atoms with Crippen molar-refractivity contribution in [1.29, 1.82) is 0 Å². The number of hydrogen-bond acceptors (Lipinski definition) is 3. The van der Waals surface area contributed by atoms with Gasteiger partial charge in [-0.05, 0) is 62.5 Å². The van der Waals surface area contributed by atoms with Crippen LogP contribution in [0.4, 0.5) is 0 Å². The topological polar surface area (TPSA) is 60.4 Å². The van der Waals surface area contributed by atoms with Crippen molar-refractivity contribution in [3.05, 3.63) is 42.0 Å². The fourth-order valence-corrected chi connectivity index (χ4v) is 2.91. The predicted octanol–water partition coefficient (Wildman–Crippen LogP) is 1.01. The Morgan fingerprint density at radius 2 is 1.96 bits per heavy atom. The average molecular weight is 364 g/mol. The minimum absolute atomic E-state index is 0. The molecule has 1 N–H and O–H groups in total. The van der Waals surface area contributed by atoms with Gasteiger partial charge in [0.25, 0.3) is 0 Å². The van der Waals surface area contributed by atoms with Crippen LogP contribution in [0.3, 0.4) is 0 Å². The van der Waals surface area contributed by atoms with Gasteiger partial charge in [0.2, 0.25) is 0 Å². The minimum atomic E-state index is -1.05. The van der Waals surface area contributed by atoms with E-state index in [1.807, 2.05) is 6.07 Å². The molecule has 2 rings (SSSR count). The number of carboxylic acid groups (broad SMARTS) is 1. The van der Waals surface area contributed by atoms with Crippen molar-refractivity contribution in [3.63, 3.8) is 0 Å². The summed E-state index contributed by atoms with van der Waals surface area (Å²) in [6.45, 7) is 0. The second-order valence-corrected chi connectivity index (χ2v) is 6.42. The van der Waals surface area contributed by atoms with Crippen LogP contribution < -0.4 is 34.7 Å². The zero-order valence-corrected chi connectivity index (χ0v) is 18.0. The molecule has 0 saturated heterocycles. The maximum absolute atomic E-state index is 10.1. The summed E-state index contributed by atoms with van der Waals surface area (Å²) in [7, 11) is 0. The number of aliphatic carboxylic acids is 1. The third kappa shape index (κ3) is 12.2. The second-order valence-electron chi connectivity index (χ2n) is 6.42. The number of carbonyl (C=O) groups is 1. The molecule has 1 aliphatic carbocycles. The number of hydrogen-bond donors (Lipinski definition) is 1. The Kier molecular flexibility index (Phi) is 15.3. The maximum Gasteiger partial charge on any atom is 1.00 e. The Morgan fingerprint density at radius 1 is 1.27 bits per heavy atom. The number of terminal acetylenes is 1. The molecule has 0 unspecified atom stereocenters. The standard InChI is InChI=1S/C12H18.C10H12O3.Na/c1-2-3-4-5-6-9-12-10-7-8-11-12;11-9-6-2-1-4-8(9)5-3-7-10(12)13;/h1,6,9,12H,3-5,7-8,10-11H2;1-2,4,6,11H,3,5,7H2,(H,12,13);/q;;+1/p-1/b9-6+;;. The first-order chi connectivity index (χ1) is 12.1. The molecule has 0 heterocycles. The molecular weight excluding hydrogens is 335 g/mol. The van der Waals surface area contributed by atoms with Gasteiger partial charge >= 0.3 is 29.6 Å².